The quantitative estimate of drug-likeness (QED) is 0.508. The third-order valence-corrected chi connectivity index (χ3v) is 5.46. The third-order valence-electron chi connectivity index (χ3n) is 5.46. The molecule has 0 radical (unpaired) electrons. The maximum absolute atomic E-state index is 5.99. The Morgan fingerprint density at radius 1 is 1.18 bits per heavy atom. The summed E-state index contributed by atoms with van der Waals surface area (Å²) >= 11 is 0. The summed E-state index contributed by atoms with van der Waals surface area (Å²) in [5.74, 6) is 1.73. The van der Waals surface area contributed by atoms with Crippen molar-refractivity contribution in [2.24, 2.45) is 17.8 Å². The van der Waals surface area contributed by atoms with Crippen LogP contribution in [0.3, 0.4) is 0 Å². The number of hydrogen-bond donors (Lipinski definition) is 0. The summed E-state index contributed by atoms with van der Waals surface area (Å²) in [5.41, 5.74) is 1.28. The number of rotatable bonds is 1. The first-order chi connectivity index (χ1) is 8.00. The molecule has 0 N–H and O–H groups in total. The zero-order valence-corrected chi connectivity index (χ0v) is 11.5. The van der Waals surface area contributed by atoms with Gasteiger partial charge in [0, 0.05) is 0 Å². The van der Waals surface area contributed by atoms with Crippen molar-refractivity contribution in [2.45, 2.75) is 64.6 Å². The van der Waals surface area contributed by atoms with Gasteiger partial charge in [0.25, 0.3) is 0 Å². The van der Waals surface area contributed by atoms with Gasteiger partial charge in [-0.15, -0.1) is 0 Å². The van der Waals surface area contributed by atoms with Crippen molar-refractivity contribution in [1.82, 2.24) is 0 Å². The Kier molecular flexibility index (Phi) is 2.47. The van der Waals surface area contributed by atoms with Gasteiger partial charge >= 0.3 is 0 Å². The highest BCUT2D eigenvalue weighted by molar-refractivity contribution is 5.32. The lowest BCUT2D eigenvalue weighted by molar-refractivity contribution is -0.409. The predicted octanol–water partition coefficient (Wildman–Crippen LogP) is 3.87. The van der Waals surface area contributed by atoms with Crippen LogP contribution in [0, 0.1) is 17.8 Å². The van der Waals surface area contributed by atoms with Gasteiger partial charge in [-0.1, -0.05) is 27.7 Å². The molecule has 2 aliphatic heterocycles. The normalized spacial score (nSPS) is 49.1. The smallest absolute Gasteiger partial charge is 0.127 e. The van der Waals surface area contributed by atoms with Crippen LogP contribution in [0.1, 0.15) is 53.4 Å². The molecule has 17 heavy (non-hydrogen) atoms. The molecule has 4 aliphatic rings. The molecule has 0 aromatic rings. The summed E-state index contributed by atoms with van der Waals surface area (Å²) < 4.78 is 0. The van der Waals surface area contributed by atoms with E-state index in [4.69, 9.17) is 9.78 Å². The molecule has 2 heteroatoms. The lowest BCUT2D eigenvalue weighted by atomic mass is 9.81. The predicted molar refractivity (Wildman–Crippen MR) is 67.3 cm³/mol. The highest BCUT2D eigenvalue weighted by Crippen LogP contribution is 2.56. The minimum absolute atomic E-state index is 0.0890. The largest absolute Gasteiger partial charge is 0.225 e. The van der Waals surface area contributed by atoms with Crippen molar-refractivity contribution < 1.29 is 9.78 Å². The maximum Gasteiger partial charge on any atom is 0.127 e. The zero-order chi connectivity index (χ0) is 12.3. The Morgan fingerprint density at radius 3 is 2.65 bits per heavy atom. The molecule has 1 saturated carbocycles. The van der Waals surface area contributed by atoms with Crippen LogP contribution < -0.4 is 0 Å². The van der Waals surface area contributed by atoms with Gasteiger partial charge in [-0.3, -0.25) is 0 Å². The summed E-state index contributed by atoms with van der Waals surface area (Å²) in [6.45, 7) is 9.15. The van der Waals surface area contributed by atoms with E-state index in [1.54, 1.807) is 0 Å². The zero-order valence-electron chi connectivity index (χ0n) is 11.5. The molecule has 1 spiro atoms. The Morgan fingerprint density at radius 2 is 1.94 bits per heavy atom. The molecule has 96 valence electrons. The lowest BCUT2D eigenvalue weighted by Crippen LogP contribution is -2.46. The maximum atomic E-state index is 5.99. The van der Waals surface area contributed by atoms with Crippen molar-refractivity contribution in [3.05, 3.63) is 11.6 Å². The van der Waals surface area contributed by atoms with Crippen LogP contribution in [0.25, 0.3) is 0 Å². The molecule has 2 bridgehead atoms. The Hall–Kier alpha value is -0.340. The lowest BCUT2D eigenvalue weighted by Gasteiger charge is -2.42. The summed E-state index contributed by atoms with van der Waals surface area (Å²) in [6.07, 6.45) is 7.13. The van der Waals surface area contributed by atoms with E-state index in [1.807, 2.05) is 0 Å². The highest BCUT2D eigenvalue weighted by atomic mass is 17.2. The van der Waals surface area contributed by atoms with E-state index in [0.29, 0.717) is 17.8 Å². The van der Waals surface area contributed by atoms with Crippen molar-refractivity contribution >= 4 is 0 Å². The first kappa shape index (κ1) is 11.7. The van der Waals surface area contributed by atoms with Gasteiger partial charge in [-0.25, -0.2) is 9.78 Å². The molecule has 2 nitrogen and oxygen atoms in total. The molecule has 4 rings (SSSR count). The highest BCUT2D eigenvalue weighted by Gasteiger charge is 2.57. The average Bonchev–Trinajstić information content (AvgIpc) is 2.49. The van der Waals surface area contributed by atoms with Gasteiger partial charge in [0.15, 0.2) is 0 Å². The van der Waals surface area contributed by atoms with Gasteiger partial charge in [-0.05, 0) is 55.1 Å². The van der Waals surface area contributed by atoms with E-state index in [2.05, 4.69) is 33.8 Å². The standard InChI is InChI=1S/C15H24O2/c1-10(2)14-7-6-12(4)15(17-16-14)8-5-11(3)13(15)9-14/h9-12H,5-8H2,1-4H3/t11-,12-,14-,15+/m0/s1. The monoisotopic (exact) mass is 236 g/mol. The molecule has 4 atom stereocenters. The molecule has 0 aromatic carbocycles. The molecule has 2 fully saturated rings. The average molecular weight is 236 g/mol. The number of fused-ring (bicyclic) bond motifs is 3. The Balaban J connectivity index is 2.11. The van der Waals surface area contributed by atoms with Gasteiger partial charge in [-0.2, -0.15) is 0 Å². The molecular formula is C15H24O2. The molecule has 0 amide bonds. The van der Waals surface area contributed by atoms with Crippen molar-refractivity contribution in [1.29, 1.82) is 0 Å². The summed E-state index contributed by atoms with van der Waals surface area (Å²) in [6, 6.07) is 0. The van der Waals surface area contributed by atoms with Crippen LogP contribution in [-0.2, 0) is 9.78 Å². The minimum Gasteiger partial charge on any atom is -0.225 e. The first-order valence-corrected chi connectivity index (χ1v) is 7.10. The van der Waals surface area contributed by atoms with E-state index in [-0.39, 0.29) is 11.2 Å². The van der Waals surface area contributed by atoms with Crippen LogP contribution in [-0.4, -0.2) is 11.2 Å². The van der Waals surface area contributed by atoms with Crippen LogP contribution in [0.15, 0.2) is 11.6 Å². The molecule has 0 aromatic heterocycles. The fourth-order valence-corrected chi connectivity index (χ4v) is 3.89. The Labute approximate surface area is 104 Å². The van der Waals surface area contributed by atoms with Gasteiger partial charge < -0.3 is 0 Å². The molecule has 2 aliphatic carbocycles. The van der Waals surface area contributed by atoms with Crippen LogP contribution >= 0.6 is 0 Å². The second-order valence-corrected chi connectivity index (χ2v) is 6.64. The molecule has 0 unspecified atom stereocenters. The van der Waals surface area contributed by atoms with Crippen LogP contribution in [0.2, 0.25) is 0 Å². The summed E-state index contributed by atoms with van der Waals surface area (Å²) in [7, 11) is 0. The topological polar surface area (TPSA) is 18.5 Å². The minimum atomic E-state index is -0.164. The van der Waals surface area contributed by atoms with E-state index in [9.17, 15) is 0 Å². The van der Waals surface area contributed by atoms with E-state index < -0.39 is 0 Å². The van der Waals surface area contributed by atoms with Crippen molar-refractivity contribution in [3.63, 3.8) is 0 Å². The fourth-order valence-electron chi connectivity index (χ4n) is 3.89. The third kappa shape index (κ3) is 1.40. The van der Waals surface area contributed by atoms with Crippen molar-refractivity contribution in [2.75, 3.05) is 0 Å². The van der Waals surface area contributed by atoms with Gasteiger partial charge in [0.2, 0.25) is 0 Å². The van der Waals surface area contributed by atoms with Gasteiger partial charge in [0.1, 0.15) is 11.2 Å². The van der Waals surface area contributed by atoms with E-state index >= 15 is 0 Å². The Bertz CT molecular complexity index is 360. The molecule has 1 saturated heterocycles. The molecular weight excluding hydrogens is 212 g/mol. The second-order valence-electron chi connectivity index (χ2n) is 6.64. The van der Waals surface area contributed by atoms with E-state index in [0.717, 1.165) is 12.8 Å². The second kappa shape index (κ2) is 3.58. The number of hydrogen-bond acceptors (Lipinski definition) is 2. The van der Waals surface area contributed by atoms with Crippen LogP contribution in [0.5, 0.6) is 0 Å². The molecule has 2 heterocycles. The van der Waals surface area contributed by atoms with Gasteiger partial charge in [0.05, 0.1) is 0 Å². The summed E-state index contributed by atoms with van der Waals surface area (Å²) in [5, 5.41) is 0. The van der Waals surface area contributed by atoms with E-state index in [1.165, 1.54) is 18.4 Å². The summed E-state index contributed by atoms with van der Waals surface area (Å²) in [4.78, 5) is 11.9. The first-order valence-electron chi connectivity index (χ1n) is 7.10. The van der Waals surface area contributed by atoms with Crippen LogP contribution in [0.4, 0.5) is 0 Å². The SMILES string of the molecule is CC(C)[C@]12C=C3[C@@H](C)CC[C@@]3(OO1)[C@@H](C)CC2. The van der Waals surface area contributed by atoms with Crippen molar-refractivity contribution in [3.8, 4) is 0 Å². The fraction of sp³-hybridized carbons (Fsp3) is 0.867.